The predicted molar refractivity (Wildman–Crippen MR) is 129 cm³/mol. The lowest BCUT2D eigenvalue weighted by Gasteiger charge is -2.16. The number of methoxy groups -OCH3 is 1. The van der Waals surface area contributed by atoms with E-state index in [1.54, 1.807) is 31.5 Å². The van der Waals surface area contributed by atoms with Crippen molar-refractivity contribution in [2.24, 2.45) is 0 Å². The summed E-state index contributed by atoms with van der Waals surface area (Å²) in [7, 11) is -2.19. The average molecular weight is 575 g/mol. The fourth-order valence-electron chi connectivity index (χ4n) is 2.54. The van der Waals surface area contributed by atoms with Crippen LogP contribution in [-0.4, -0.2) is 54.4 Å². The first-order valence-electron chi connectivity index (χ1n) is 9.91. The summed E-state index contributed by atoms with van der Waals surface area (Å²) in [6, 6.07) is 4.94. The van der Waals surface area contributed by atoms with Gasteiger partial charge in [-0.05, 0) is 34.5 Å². The number of benzene rings is 1. The molecule has 14 heteroatoms. The number of halogens is 2. The van der Waals surface area contributed by atoms with Gasteiger partial charge in [-0.2, -0.15) is 4.98 Å². The van der Waals surface area contributed by atoms with Crippen LogP contribution in [0.25, 0.3) is 0 Å². The van der Waals surface area contributed by atoms with Gasteiger partial charge in [-0.1, -0.05) is 18.5 Å². The molecule has 0 bridgehead atoms. The number of rotatable bonds is 12. The molecular formula is C20H21BrClN5O6S. The number of ether oxygens (including phenoxy) is 4. The average Bonchev–Trinajstić information content (AvgIpc) is 2.80. The molecule has 2 heterocycles. The summed E-state index contributed by atoms with van der Waals surface area (Å²) in [6.45, 7) is 1.86. The van der Waals surface area contributed by atoms with Gasteiger partial charge >= 0.3 is 6.01 Å². The molecule has 0 unspecified atom stereocenters. The van der Waals surface area contributed by atoms with Crippen LogP contribution in [0.4, 0.5) is 5.82 Å². The first kappa shape index (κ1) is 25.7. The van der Waals surface area contributed by atoms with Crippen molar-refractivity contribution in [1.82, 2.24) is 19.9 Å². The van der Waals surface area contributed by atoms with Crippen LogP contribution in [0.15, 0.2) is 41.4 Å². The molecule has 3 aromatic rings. The zero-order chi connectivity index (χ0) is 24.6. The van der Waals surface area contributed by atoms with Gasteiger partial charge in [-0.15, -0.1) is 0 Å². The molecule has 3 rings (SSSR count). The van der Waals surface area contributed by atoms with Crippen molar-refractivity contribution in [1.29, 1.82) is 0 Å². The predicted octanol–water partition coefficient (Wildman–Crippen LogP) is 4.09. The van der Waals surface area contributed by atoms with Gasteiger partial charge in [0, 0.05) is 18.5 Å². The molecule has 0 spiro atoms. The van der Waals surface area contributed by atoms with Crippen LogP contribution in [0.3, 0.4) is 0 Å². The Kier molecular flexibility index (Phi) is 9.07. The van der Waals surface area contributed by atoms with Crippen molar-refractivity contribution in [3.05, 3.63) is 46.4 Å². The molecular weight excluding hydrogens is 554 g/mol. The van der Waals surface area contributed by atoms with Crippen molar-refractivity contribution >= 4 is 43.4 Å². The maximum atomic E-state index is 12.4. The minimum Gasteiger partial charge on any atom is -0.497 e. The topological polar surface area (TPSA) is 135 Å². The van der Waals surface area contributed by atoms with Crippen molar-refractivity contribution in [2.75, 3.05) is 30.8 Å². The molecule has 2 aromatic heterocycles. The summed E-state index contributed by atoms with van der Waals surface area (Å²) in [4.78, 5) is 16.1. The first-order chi connectivity index (χ1) is 16.3. The number of nitrogens with one attached hydrogen (secondary N) is 1. The van der Waals surface area contributed by atoms with Gasteiger partial charge in [-0.25, -0.2) is 23.4 Å². The van der Waals surface area contributed by atoms with Crippen LogP contribution in [0.5, 0.6) is 29.1 Å². The maximum Gasteiger partial charge on any atom is 0.316 e. The highest BCUT2D eigenvalue weighted by molar-refractivity contribution is 9.10. The SMILES string of the molecule is CCCS(=O)(=O)Nc1ncnc(OCCOc2ncc(Br)cn2)c1Oc1cc(OC)ccc1Cl. The summed E-state index contributed by atoms with van der Waals surface area (Å²) in [6.07, 6.45) is 4.66. The van der Waals surface area contributed by atoms with Crippen LogP contribution < -0.4 is 23.7 Å². The molecule has 0 saturated heterocycles. The minimum absolute atomic E-state index is 0.0246. The lowest BCUT2D eigenvalue weighted by atomic mass is 10.3. The van der Waals surface area contributed by atoms with Crippen molar-refractivity contribution < 1.29 is 27.4 Å². The minimum atomic E-state index is -3.68. The van der Waals surface area contributed by atoms with Crippen LogP contribution in [-0.2, 0) is 10.0 Å². The standard InChI is InChI=1S/C20H21BrClN5O6S/c1-3-8-34(28,29)27-18-17(33-16-9-14(30-2)4-5-15(16)22)19(26-12-25-18)31-6-7-32-20-23-10-13(21)11-24-20/h4-5,9-12H,3,6-8H2,1-2H3,(H,25,26,27). The van der Waals surface area contributed by atoms with E-state index >= 15 is 0 Å². The number of sulfonamides is 1. The molecule has 0 aliphatic rings. The Bertz CT molecular complexity index is 1220. The Morgan fingerprint density at radius 3 is 2.53 bits per heavy atom. The zero-order valence-electron chi connectivity index (χ0n) is 18.2. The van der Waals surface area contributed by atoms with Gasteiger partial charge in [0.2, 0.25) is 15.8 Å². The monoisotopic (exact) mass is 573 g/mol. The summed E-state index contributed by atoms with van der Waals surface area (Å²) in [5.74, 6) is 0.370. The fraction of sp³-hybridized carbons (Fsp3) is 0.300. The number of anilines is 1. The van der Waals surface area contributed by atoms with Crippen molar-refractivity contribution in [3.8, 4) is 29.1 Å². The third-order valence-corrected chi connectivity index (χ3v) is 6.17. The second-order valence-electron chi connectivity index (χ2n) is 6.56. The molecule has 0 radical (unpaired) electrons. The van der Waals surface area contributed by atoms with Gasteiger partial charge in [0.25, 0.3) is 5.88 Å². The third-order valence-electron chi connectivity index (χ3n) is 4.00. The van der Waals surface area contributed by atoms with E-state index in [1.165, 1.54) is 13.2 Å². The third kappa shape index (κ3) is 7.30. The Balaban J connectivity index is 1.84. The van der Waals surface area contributed by atoms with E-state index in [0.717, 1.165) is 6.33 Å². The highest BCUT2D eigenvalue weighted by Crippen LogP contribution is 2.40. The molecule has 0 amide bonds. The van der Waals surface area contributed by atoms with Gasteiger partial charge in [0.1, 0.15) is 31.0 Å². The molecule has 34 heavy (non-hydrogen) atoms. The second kappa shape index (κ2) is 12.0. The van der Waals surface area contributed by atoms with Crippen LogP contribution >= 0.6 is 27.5 Å². The second-order valence-corrected chi connectivity index (χ2v) is 9.72. The number of aromatic nitrogens is 4. The Morgan fingerprint density at radius 1 is 1.09 bits per heavy atom. The van der Waals surface area contributed by atoms with E-state index in [9.17, 15) is 8.42 Å². The van der Waals surface area contributed by atoms with Gasteiger partial charge < -0.3 is 18.9 Å². The molecule has 0 aliphatic heterocycles. The number of nitrogens with zero attached hydrogens (tertiary/aromatic N) is 4. The molecule has 0 aliphatic carbocycles. The summed E-state index contributed by atoms with van der Waals surface area (Å²) in [5, 5.41) is 0.258. The quantitative estimate of drug-likeness (QED) is 0.315. The first-order valence-corrected chi connectivity index (χ1v) is 12.7. The normalized spacial score (nSPS) is 11.1. The molecule has 182 valence electrons. The van der Waals surface area contributed by atoms with Gasteiger partial charge in [0.15, 0.2) is 5.82 Å². The lowest BCUT2D eigenvalue weighted by Crippen LogP contribution is -2.18. The van der Waals surface area contributed by atoms with Crippen LogP contribution in [0.2, 0.25) is 5.02 Å². The molecule has 0 atom stereocenters. The van der Waals surface area contributed by atoms with E-state index < -0.39 is 10.0 Å². The van der Waals surface area contributed by atoms with E-state index in [2.05, 4.69) is 40.6 Å². The van der Waals surface area contributed by atoms with E-state index in [0.29, 0.717) is 16.6 Å². The molecule has 1 N–H and O–H groups in total. The number of hydrogen-bond acceptors (Lipinski definition) is 10. The Labute approximate surface area is 210 Å². The summed E-state index contributed by atoms with van der Waals surface area (Å²) >= 11 is 9.50. The summed E-state index contributed by atoms with van der Waals surface area (Å²) in [5.41, 5.74) is 0. The molecule has 11 nitrogen and oxygen atoms in total. The maximum absolute atomic E-state index is 12.4. The van der Waals surface area contributed by atoms with E-state index in [4.69, 9.17) is 30.5 Å². The van der Waals surface area contributed by atoms with E-state index in [1.807, 2.05) is 0 Å². The molecule has 0 saturated carbocycles. The van der Waals surface area contributed by atoms with E-state index in [-0.39, 0.29) is 53.2 Å². The molecule has 0 fully saturated rings. The highest BCUT2D eigenvalue weighted by atomic mass is 79.9. The van der Waals surface area contributed by atoms with Gasteiger partial charge in [-0.3, -0.25) is 4.72 Å². The van der Waals surface area contributed by atoms with Crippen molar-refractivity contribution in [3.63, 3.8) is 0 Å². The van der Waals surface area contributed by atoms with Crippen LogP contribution in [0, 0.1) is 0 Å². The van der Waals surface area contributed by atoms with Crippen LogP contribution in [0.1, 0.15) is 13.3 Å². The smallest absolute Gasteiger partial charge is 0.316 e. The lowest BCUT2D eigenvalue weighted by molar-refractivity contribution is 0.197. The number of hydrogen-bond donors (Lipinski definition) is 1. The highest BCUT2D eigenvalue weighted by Gasteiger charge is 2.21. The Morgan fingerprint density at radius 2 is 1.82 bits per heavy atom. The van der Waals surface area contributed by atoms with Gasteiger partial charge in [0.05, 0.1) is 22.4 Å². The fourth-order valence-corrected chi connectivity index (χ4v) is 3.98. The molecule has 1 aromatic carbocycles. The largest absolute Gasteiger partial charge is 0.497 e. The summed E-state index contributed by atoms with van der Waals surface area (Å²) < 4.78 is 50.1. The zero-order valence-corrected chi connectivity index (χ0v) is 21.4. The Hall–Kier alpha value is -2.90. The van der Waals surface area contributed by atoms with Crippen molar-refractivity contribution in [2.45, 2.75) is 13.3 Å².